The van der Waals surface area contributed by atoms with Gasteiger partial charge in [-0.2, -0.15) is 0 Å². The molecule has 0 unspecified atom stereocenters. The maximum absolute atomic E-state index is 12.2. The number of esters is 2. The van der Waals surface area contributed by atoms with Crippen LogP contribution in [0.15, 0.2) is 48.5 Å². The van der Waals surface area contributed by atoms with E-state index in [0.717, 1.165) is 85.8 Å². The Kier molecular flexibility index (Phi) is 14.2. The van der Waals surface area contributed by atoms with E-state index in [1.807, 2.05) is 76.2 Å². The molecule has 2 aromatic heterocycles. The first-order valence-corrected chi connectivity index (χ1v) is 18.6. The van der Waals surface area contributed by atoms with Gasteiger partial charge in [0.1, 0.15) is 35.4 Å². The van der Waals surface area contributed by atoms with E-state index in [1.54, 1.807) is 0 Å². The van der Waals surface area contributed by atoms with Crippen LogP contribution in [-0.2, 0) is 32.2 Å². The predicted molar refractivity (Wildman–Crippen MR) is 209 cm³/mol. The van der Waals surface area contributed by atoms with Gasteiger partial charge in [-0.05, 0) is 43.1 Å². The largest absolute Gasteiger partial charge is 0.467 e. The number of hydrogen-bond acceptors (Lipinski definition) is 14. The lowest BCUT2D eigenvalue weighted by Crippen LogP contribution is -2.44. The molecule has 2 aromatic carbocycles. The van der Waals surface area contributed by atoms with Crippen LogP contribution in [0.5, 0.6) is 0 Å². The van der Waals surface area contributed by atoms with Crippen molar-refractivity contribution in [2.45, 2.75) is 52.9 Å². The second-order valence-electron chi connectivity index (χ2n) is 14.4. The van der Waals surface area contributed by atoms with Crippen LogP contribution in [0.4, 0.5) is 11.6 Å². The zero-order valence-electron chi connectivity index (χ0n) is 32.3. The Labute approximate surface area is 313 Å². The summed E-state index contributed by atoms with van der Waals surface area (Å²) in [6, 6.07) is 14.9. The summed E-state index contributed by atoms with van der Waals surface area (Å²) in [4.78, 5) is 50.3. The number of piperazine rings is 2. The molecule has 14 heteroatoms. The highest BCUT2D eigenvalue weighted by molar-refractivity contribution is 5.92. The first kappa shape index (κ1) is 39.7. The highest BCUT2D eigenvalue weighted by Gasteiger charge is 2.26. The number of rotatable bonds is 12. The number of hydrogen-bond donors (Lipinski definition) is 3. The van der Waals surface area contributed by atoms with E-state index in [2.05, 4.69) is 37.7 Å². The van der Waals surface area contributed by atoms with Gasteiger partial charge in [0, 0.05) is 63.1 Å². The van der Waals surface area contributed by atoms with Crippen molar-refractivity contribution in [1.82, 2.24) is 40.0 Å². The fourth-order valence-corrected chi connectivity index (χ4v) is 6.43. The molecule has 0 aliphatic carbocycles. The third kappa shape index (κ3) is 10.8. The fourth-order valence-electron chi connectivity index (χ4n) is 6.43. The van der Waals surface area contributed by atoms with Crippen LogP contribution in [-0.4, -0.2) is 132 Å². The third-order valence-corrected chi connectivity index (χ3v) is 9.66. The second kappa shape index (κ2) is 19.0. The van der Waals surface area contributed by atoms with Gasteiger partial charge >= 0.3 is 11.9 Å². The minimum atomic E-state index is -0.454. The summed E-state index contributed by atoms with van der Waals surface area (Å²) in [5.41, 5.74) is 1.76. The highest BCUT2D eigenvalue weighted by Crippen LogP contribution is 2.25. The van der Waals surface area contributed by atoms with Gasteiger partial charge in [0.15, 0.2) is 0 Å². The van der Waals surface area contributed by atoms with E-state index < -0.39 is 12.1 Å². The van der Waals surface area contributed by atoms with Gasteiger partial charge in [0.2, 0.25) is 0 Å². The number of nitrogens with one attached hydrogen (secondary N) is 3. The predicted octanol–water partition coefficient (Wildman–Crippen LogP) is 3.63. The number of nitrogens with zero attached hydrogens (tertiary/aromatic N) is 7. The number of likely N-dealkylation sites (N-methyl/N-ethyl adjacent to an activating group) is 1. The monoisotopic (exact) mass is 728 g/mol. The minimum absolute atomic E-state index is 0.0762. The SMILES string of the molecule is COC(=O)[C@@H](Nc1nc(CN2CCN(C)CC2)nc2ccccc12)C(C)C.COC(=O)[C@@H](Nc1nc(CN2CCNCC2)nc2ccccc12)C(C)C. The number of para-hydroxylation sites is 2. The normalized spacial score (nSPS) is 16.9. The summed E-state index contributed by atoms with van der Waals surface area (Å²) in [5, 5.41) is 11.8. The highest BCUT2D eigenvalue weighted by atomic mass is 16.5. The van der Waals surface area contributed by atoms with E-state index >= 15 is 0 Å². The topological polar surface area (TPSA) is 150 Å². The quantitative estimate of drug-likeness (QED) is 0.182. The van der Waals surface area contributed by atoms with E-state index in [-0.39, 0.29) is 23.8 Å². The third-order valence-electron chi connectivity index (χ3n) is 9.66. The number of carbonyl (C=O) groups excluding carboxylic acids is 2. The van der Waals surface area contributed by atoms with Crippen LogP contribution >= 0.6 is 0 Å². The van der Waals surface area contributed by atoms with Gasteiger partial charge in [-0.25, -0.2) is 29.5 Å². The molecule has 0 spiro atoms. The van der Waals surface area contributed by atoms with E-state index in [0.29, 0.717) is 24.7 Å². The van der Waals surface area contributed by atoms with Crippen LogP contribution < -0.4 is 16.0 Å². The average Bonchev–Trinajstić information content (AvgIpc) is 3.16. The smallest absolute Gasteiger partial charge is 0.328 e. The van der Waals surface area contributed by atoms with Gasteiger partial charge in [-0.15, -0.1) is 0 Å². The zero-order chi connectivity index (χ0) is 37.9. The van der Waals surface area contributed by atoms with Gasteiger partial charge in [-0.3, -0.25) is 9.80 Å². The molecular weight excluding hydrogens is 672 g/mol. The molecule has 0 radical (unpaired) electrons. The van der Waals surface area contributed by atoms with E-state index in [4.69, 9.17) is 29.4 Å². The minimum Gasteiger partial charge on any atom is -0.467 e. The molecule has 2 atom stereocenters. The number of anilines is 2. The van der Waals surface area contributed by atoms with Crippen molar-refractivity contribution >= 4 is 45.4 Å². The Morgan fingerprint density at radius 2 is 1.08 bits per heavy atom. The van der Waals surface area contributed by atoms with Crippen molar-refractivity contribution in [2.24, 2.45) is 11.8 Å². The maximum atomic E-state index is 12.2. The maximum Gasteiger partial charge on any atom is 0.328 e. The van der Waals surface area contributed by atoms with Crippen molar-refractivity contribution in [3.8, 4) is 0 Å². The first-order chi connectivity index (χ1) is 25.6. The van der Waals surface area contributed by atoms with E-state index in [1.165, 1.54) is 14.2 Å². The molecule has 4 aromatic rings. The molecule has 6 rings (SSSR count). The molecule has 2 saturated heterocycles. The van der Waals surface area contributed by atoms with Crippen molar-refractivity contribution in [2.75, 3.05) is 84.3 Å². The number of aromatic nitrogens is 4. The lowest BCUT2D eigenvalue weighted by Gasteiger charge is -2.31. The van der Waals surface area contributed by atoms with E-state index in [9.17, 15) is 9.59 Å². The standard InChI is InChI=1S/C20H29N5O2.C19H27N5O2/c1-14(2)18(20(26)27-4)23-19-15-7-5-6-8-16(15)21-17(22-19)13-25-11-9-24(3)10-12-25;1-13(2)17(19(25)26-3)23-18-14-6-4-5-7-15(14)21-16(22-18)12-24-10-8-20-9-11-24/h5-8,14,18H,9-13H2,1-4H3,(H,21,22,23);4-7,13,17,20H,8-12H2,1-3H3,(H,21,22,23)/t18-;17-/m00/s1. The summed E-state index contributed by atoms with van der Waals surface area (Å²) in [6.07, 6.45) is 0. The molecular formula is C39H56N10O4. The average molecular weight is 729 g/mol. The van der Waals surface area contributed by atoms with Crippen molar-refractivity contribution < 1.29 is 19.1 Å². The number of benzene rings is 2. The number of methoxy groups -OCH3 is 2. The fraction of sp³-hybridized carbons (Fsp3) is 0.538. The molecule has 286 valence electrons. The second-order valence-corrected chi connectivity index (χ2v) is 14.4. The Balaban J connectivity index is 0.000000204. The zero-order valence-corrected chi connectivity index (χ0v) is 32.3. The Morgan fingerprint density at radius 3 is 1.49 bits per heavy atom. The van der Waals surface area contributed by atoms with Crippen LogP contribution in [0, 0.1) is 11.8 Å². The van der Waals surface area contributed by atoms with Gasteiger partial charge in [0.05, 0.1) is 38.3 Å². The molecule has 2 fully saturated rings. The lowest BCUT2D eigenvalue weighted by molar-refractivity contribution is -0.143. The summed E-state index contributed by atoms with van der Waals surface area (Å²) < 4.78 is 9.91. The summed E-state index contributed by atoms with van der Waals surface area (Å²) >= 11 is 0. The Morgan fingerprint density at radius 1 is 0.660 bits per heavy atom. The first-order valence-electron chi connectivity index (χ1n) is 18.6. The van der Waals surface area contributed by atoms with Gasteiger partial charge in [-0.1, -0.05) is 52.0 Å². The van der Waals surface area contributed by atoms with Gasteiger partial charge in [0.25, 0.3) is 0 Å². The number of fused-ring (bicyclic) bond motifs is 2. The van der Waals surface area contributed by atoms with Crippen LogP contribution in [0.1, 0.15) is 39.3 Å². The molecule has 14 nitrogen and oxygen atoms in total. The van der Waals surface area contributed by atoms with Crippen LogP contribution in [0.25, 0.3) is 21.8 Å². The molecule has 0 amide bonds. The summed E-state index contributed by atoms with van der Waals surface area (Å²) in [6.45, 7) is 17.4. The van der Waals surface area contributed by atoms with Crippen LogP contribution in [0.3, 0.4) is 0 Å². The molecule has 2 aliphatic rings. The molecule has 4 heterocycles. The summed E-state index contributed by atoms with van der Waals surface area (Å²) in [5.74, 6) is 2.49. The van der Waals surface area contributed by atoms with Crippen molar-refractivity contribution in [3.63, 3.8) is 0 Å². The molecule has 53 heavy (non-hydrogen) atoms. The molecule has 3 N–H and O–H groups in total. The lowest BCUT2D eigenvalue weighted by atomic mass is 10.0. The summed E-state index contributed by atoms with van der Waals surface area (Å²) in [7, 11) is 4.97. The number of ether oxygens (including phenoxy) is 2. The molecule has 2 aliphatic heterocycles. The van der Waals surface area contributed by atoms with Crippen molar-refractivity contribution in [3.05, 3.63) is 60.2 Å². The van der Waals surface area contributed by atoms with Crippen LogP contribution in [0.2, 0.25) is 0 Å². The Bertz CT molecular complexity index is 1810. The van der Waals surface area contributed by atoms with Gasteiger partial charge < -0.3 is 30.3 Å². The van der Waals surface area contributed by atoms with Crippen molar-refractivity contribution in [1.29, 1.82) is 0 Å². The number of carbonyl (C=O) groups is 2. The molecule has 0 saturated carbocycles. The molecule has 0 bridgehead atoms. The Hall–Kier alpha value is -4.50.